The lowest BCUT2D eigenvalue weighted by molar-refractivity contribution is -0.137. The number of carbonyl (C=O) groups is 1. The summed E-state index contributed by atoms with van der Waals surface area (Å²) in [5.41, 5.74) is 5.79. The van der Waals surface area contributed by atoms with E-state index in [9.17, 15) is 14.3 Å². The van der Waals surface area contributed by atoms with Gasteiger partial charge in [0.05, 0.1) is 20.1 Å². The quantitative estimate of drug-likeness (QED) is 0.250. The Balaban J connectivity index is 1.45. The molecule has 0 radical (unpaired) electrons. The molecule has 1 heterocycles. The summed E-state index contributed by atoms with van der Waals surface area (Å²) in [6.45, 7) is 6.88. The Morgan fingerprint density at radius 2 is 1.82 bits per heavy atom. The maximum absolute atomic E-state index is 14.5. The van der Waals surface area contributed by atoms with Gasteiger partial charge in [0.25, 0.3) is 0 Å². The molecule has 0 aromatic heterocycles. The first-order valence-electron chi connectivity index (χ1n) is 13.9. The van der Waals surface area contributed by atoms with Gasteiger partial charge in [-0.3, -0.25) is 4.79 Å². The van der Waals surface area contributed by atoms with E-state index in [4.69, 9.17) is 14.2 Å². The Morgan fingerprint density at radius 1 is 1.05 bits per heavy atom. The maximum Gasteiger partial charge on any atom is 0.305 e. The molecule has 3 aromatic rings. The largest absolute Gasteiger partial charge is 0.497 e. The van der Waals surface area contributed by atoms with Crippen LogP contribution < -0.4 is 9.64 Å². The number of rotatable bonds is 13. The minimum Gasteiger partial charge on any atom is -0.497 e. The first-order chi connectivity index (χ1) is 19.3. The molecule has 0 bridgehead atoms. The van der Waals surface area contributed by atoms with Crippen LogP contribution >= 0.6 is 0 Å². The molecule has 3 aromatic carbocycles. The van der Waals surface area contributed by atoms with Gasteiger partial charge in [-0.25, -0.2) is 4.39 Å². The van der Waals surface area contributed by atoms with Crippen LogP contribution in [0.5, 0.6) is 5.75 Å². The predicted molar refractivity (Wildman–Crippen MR) is 156 cm³/mol. The fourth-order valence-corrected chi connectivity index (χ4v) is 5.61. The minimum absolute atomic E-state index is 0.0808. The van der Waals surface area contributed by atoms with Crippen molar-refractivity contribution in [3.05, 3.63) is 83.2 Å². The molecule has 0 amide bonds. The Labute approximate surface area is 236 Å². The molecule has 7 heteroatoms. The summed E-state index contributed by atoms with van der Waals surface area (Å²) in [5, 5.41) is 9.58. The van der Waals surface area contributed by atoms with Crippen molar-refractivity contribution < 1.29 is 28.5 Å². The van der Waals surface area contributed by atoms with Crippen LogP contribution in [0.15, 0.2) is 60.7 Å². The van der Waals surface area contributed by atoms with Gasteiger partial charge in [-0.15, -0.1) is 0 Å². The minimum atomic E-state index is -0.784. The van der Waals surface area contributed by atoms with Crippen molar-refractivity contribution in [1.82, 2.24) is 0 Å². The van der Waals surface area contributed by atoms with E-state index in [0.29, 0.717) is 31.1 Å². The molecule has 0 spiro atoms. The van der Waals surface area contributed by atoms with Gasteiger partial charge >= 0.3 is 5.97 Å². The summed E-state index contributed by atoms with van der Waals surface area (Å²) in [5.74, 6) is 0.0295. The van der Waals surface area contributed by atoms with Crippen molar-refractivity contribution in [3.63, 3.8) is 0 Å². The monoisotopic (exact) mass is 549 g/mol. The first-order valence-corrected chi connectivity index (χ1v) is 13.9. The van der Waals surface area contributed by atoms with Gasteiger partial charge in [-0.2, -0.15) is 0 Å². The van der Waals surface area contributed by atoms with Crippen LogP contribution in [0.1, 0.15) is 36.5 Å². The smallest absolute Gasteiger partial charge is 0.305 e. The zero-order valence-corrected chi connectivity index (χ0v) is 23.9. The molecule has 0 saturated carbocycles. The van der Waals surface area contributed by atoms with E-state index in [1.54, 1.807) is 26.4 Å². The highest BCUT2D eigenvalue weighted by molar-refractivity contribution is 5.69. The molecular weight excluding hydrogens is 509 g/mol. The highest BCUT2D eigenvalue weighted by atomic mass is 19.1. The molecule has 1 saturated heterocycles. The fourth-order valence-electron chi connectivity index (χ4n) is 5.61. The second kappa shape index (κ2) is 13.8. The van der Waals surface area contributed by atoms with Gasteiger partial charge in [0.1, 0.15) is 11.6 Å². The molecule has 40 heavy (non-hydrogen) atoms. The van der Waals surface area contributed by atoms with E-state index in [1.165, 1.54) is 11.6 Å². The molecule has 3 atom stereocenters. The van der Waals surface area contributed by atoms with Gasteiger partial charge in [-0.05, 0) is 78.3 Å². The number of hydrogen-bond donors (Lipinski definition) is 1. The number of halogens is 1. The average molecular weight is 550 g/mol. The number of carboxylic acids is 1. The number of benzene rings is 3. The Bertz CT molecular complexity index is 1280. The summed E-state index contributed by atoms with van der Waals surface area (Å²) in [6, 6.07) is 19.1. The molecule has 1 N–H and O–H groups in total. The normalized spacial score (nSPS) is 18.7. The number of anilines is 1. The van der Waals surface area contributed by atoms with Crippen molar-refractivity contribution >= 4 is 11.7 Å². The van der Waals surface area contributed by atoms with Crippen LogP contribution in [0.4, 0.5) is 10.1 Å². The van der Waals surface area contributed by atoms with Gasteiger partial charge in [0, 0.05) is 50.1 Å². The third-order valence-electron chi connectivity index (χ3n) is 8.02. The summed E-state index contributed by atoms with van der Waals surface area (Å²) >= 11 is 0. The third-order valence-corrected chi connectivity index (χ3v) is 8.02. The Kier molecular flexibility index (Phi) is 10.2. The highest BCUT2D eigenvalue weighted by Crippen LogP contribution is 2.36. The molecular formula is C33H40FNO5. The van der Waals surface area contributed by atoms with Crippen LogP contribution in [-0.4, -0.2) is 57.7 Å². The van der Waals surface area contributed by atoms with Crippen molar-refractivity contribution in [1.29, 1.82) is 0 Å². The van der Waals surface area contributed by atoms with Gasteiger partial charge < -0.3 is 24.2 Å². The van der Waals surface area contributed by atoms with Crippen molar-refractivity contribution in [2.75, 3.05) is 45.5 Å². The molecule has 6 nitrogen and oxygen atoms in total. The second-order valence-electron chi connectivity index (χ2n) is 10.7. The third kappa shape index (κ3) is 7.20. The SMILES string of the molecule is COCCCOCC1CN(c2ccc(Cc3ccc(-c4cc(OC)ccc4F)cc3C)cc2)C(CC(=O)O)C1C. The van der Waals surface area contributed by atoms with Crippen molar-refractivity contribution in [3.8, 4) is 16.9 Å². The lowest BCUT2D eigenvalue weighted by atomic mass is 9.91. The molecule has 1 aliphatic heterocycles. The average Bonchev–Trinajstić information content (AvgIpc) is 3.24. The number of aryl methyl sites for hydroxylation is 1. The number of hydrogen-bond acceptors (Lipinski definition) is 5. The summed E-state index contributed by atoms with van der Waals surface area (Å²) < 4.78 is 30.7. The summed E-state index contributed by atoms with van der Waals surface area (Å²) in [4.78, 5) is 13.9. The van der Waals surface area contributed by atoms with Gasteiger partial charge in [0.2, 0.25) is 0 Å². The molecule has 3 unspecified atom stereocenters. The van der Waals surface area contributed by atoms with Crippen molar-refractivity contribution in [2.45, 2.75) is 39.2 Å². The highest BCUT2D eigenvalue weighted by Gasteiger charge is 2.40. The van der Waals surface area contributed by atoms with E-state index < -0.39 is 5.97 Å². The first kappa shape index (κ1) is 29.6. The second-order valence-corrected chi connectivity index (χ2v) is 10.7. The molecule has 0 aliphatic carbocycles. The number of carboxylic acid groups (broad SMARTS) is 1. The number of nitrogens with zero attached hydrogens (tertiary/aromatic N) is 1. The predicted octanol–water partition coefficient (Wildman–Crippen LogP) is 6.37. The van der Waals surface area contributed by atoms with E-state index in [-0.39, 0.29) is 30.1 Å². The summed E-state index contributed by atoms with van der Waals surface area (Å²) in [7, 11) is 3.26. The topological polar surface area (TPSA) is 68.2 Å². The van der Waals surface area contributed by atoms with Crippen LogP contribution in [0.25, 0.3) is 11.1 Å². The number of aliphatic carboxylic acids is 1. The molecule has 1 fully saturated rings. The van der Waals surface area contributed by atoms with E-state index in [2.05, 4.69) is 42.2 Å². The number of ether oxygens (including phenoxy) is 3. The standard InChI is InChI=1S/C33H40FNO5/c1-22-16-26(30-18-29(39-4)12-13-31(30)34)9-8-25(22)17-24-6-10-28(11-7-24)35-20-27(21-40-15-5-14-38-3)23(2)32(35)19-33(36)37/h6-13,16,18,23,27,32H,5,14-15,17,19-21H2,1-4H3,(H,36,37). The fraction of sp³-hybridized carbons (Fsp3) is 0.424. The maximum atomic E-state index is 14.5. The van der Waals surface area contributed by atoms with E-state index >= 15 is 0 Å². The van der Waals surface area contributed by atoms with Crippen LogP contribution in [0.3, 0.4) is 0 Å². The lowest BCUT2D eigenvalue weighted by Crippen LogP contribution is -2.34. The van der Waals surface area contributed by atoms with Crippen LogP contribution in [0, 0.1) is 24.6 Å². The molecule has 4 rings (SSSR count). The lowest BCUT2D eigenvalue weighted by Gasteiger charge is -2.28. The van der Waals surface area contributed by atoms with Gasteiger partial charge in [-0.1, -0.05) is 37.3 Å². The van der Waals surface area contributed by atoms with E-state index in [0.717, 1.165) is 41.8 Å². The molecule has 1 aliphatic rings. The number of methoxy groups -OCH3 is 2. The summed E-state index contributed by atoms with van der Waals surface area (Å²) in [6.07, 6.45) is 1.70. The zero-order chi connectivity index (χ0) is 28.6. The van der Waals surface area contributed by atoms with Crippen LogP contribution in [-0.2, 0) is 20.7 Å². The Morgan fingerprint density at radius 3 is 2.50 bits per heavy atom. The Hall–Kier alpha value is -3.42. The van der Waals surface area contributed by atoms with Crippen LogP contribution in [0.2, 0.25) is 0 Å². The van der Waals surface area contributed by atoms with E-state index in [1.807, 2.05) is 19.1 Å². The molecule has 214 valence electrons. The van der Waals surface area contributed by atoms with Crippen molar-refractivity contribution in [2.24, 2.45) is 11.8 Å². The van der Waals surface area contributed by atoms with Gasteiger partial charge in [0.15, 0.2) is 0 Å². The zero-order valence-electron chi connectivity index (χ0n) is 23.9.